The van der Waals surface area contributed by atoms with Crippen LogP contribution in [0, 0.1) is 5.82 Å². The first-order valence-electron chi connectivity index (χ1n) is 9.70. The van der Waals surface area contributed by atoms with Gasteiger partial charge in [-0.1, -0.05) is 50.2 Å². The fraction of sp³-hybridized carbons (Fsp3) is 0.304. The second-order valence-corrected chi connectivity index (χ2v) is 7.73. The molecule has 7 heteroatoms. The molecule has 3 aromatic rings. The van der Waals surface area contributed by atoms with Gasteiger partial charge in [0.25, 0.3) is 0 Å². The van der Waals surface area contributed by atoms with E-state index in [0.717, 1.165) is 18.1 Å². The minimum atomic E-state index is -0.227. The molecule has 0 saturated carbocycles. The summed E-state index contributed by atoms with van der Waals surface area (Å²) in [4.78, 5) is 8.36. The van der Waals surface area contributed by atoms with Crippen LogP contribution in [0.5, 0.6) is 0 Å². The quantitative estimate of drug-likeness (QED) is 0.277. The second kappa shape index (κ2) is 11.1. The van der Waals surface area contributed by atoms with Crippen LogP contribution in [0.25, 0.3) is 0 Å². The molecule has 0 spiro atoms. The summed E-state index contributed by atoms with van der Waals surface area (Å²) in [5.74, 6) is 0.506. The summed E-state index contributed by atoms with van der Waals surface area (Å²) in [6.45, 7) is 6.29. The maximum absolute atomic E-state index is 13.5. The van der Waals surface area contributed by atoms with Crippen molar-refractivity contribution in [3.8, 4) is 0 Å². The van der Waals surface area contributed by atoms with E-state index >= 15 is 0 Å². The first-order valence-corrected chi connectivity index (χ1v) is 9.70. The Hall–Kier alpha value is -2.42. The fourth-order valence-corrected chi connectivity index (χ4v) is 3.08. The third-order valence-corrected chi connectivity index (χ3v) is 4.93. The Labute approximate surface area is 194 Å². The van der Waals surface area contributed by atoms with E-state index in [1.165, 1.54) is 17.2 Å². The van der Waals surface area contributed by atoms with E-state index in [-0.39, 0.29) is 35.2 Å². The molecule has 0 bridgehead atoms. The van der Waals surface area contributed by atoms with E-state index in [9.17, 15) is 4.39 Å². The Morgan fingerprint density at radius 2 is 1.83 bits per heavy atom. The van der Waals surface area contributed by atoms with Crippen molar-refractivity contribution in [2.45, 2.75) is 32.4 Å². The zero-order chi connectivity index (χ0) is 20.7. The molecule has 0 radical (unpaired) electrons. The van der Waals surface area contributed by atoms with Crippen molar-refractivity contribution >= 4 is 29.9 Å². The molecule has 0 aliphatic heterocycles. The zero-order valence-corrected chi connectivity index (χ0v) is 19.9. The van der Waals surface area contributed by atoms with Gasteiger partial charge in [0, 0.05) is 44.5 Å². The molecular formula is C23H29FIN5. The predicted molar refractivity (Wildman–Crippen MR) is 131 cm³/mol. The maximum atomic E-state index is 13.5. The smallest absolute Gasteiger partial charge is 0.191 e. The molecule has 0 atom stereocenters. The van der Waals surface area contributed by atoms with Crippen LogP contribution in [0.1, 0.15) is 30.5 Å². The molecule has 0 aliphatic rings. The molecule has 5 nitrogen and oxygen atoms in total. The van der Waals surface area contributed by atoms with Crippen LogP contribution in [0.15, 0.2) is 72.2 Å². The van der Waals surface area contributed by atoms with Gasteiger partial charge >= 0.3 is 0 Å². The van der Waals surface area contributed by atoms with Crippen LogP contribution >= 0.6 is 24.0 Å². The maximum Gasteiger partial charge on any atom is 0.191 e. The highest BCUT2D eigenvalue weighted by Gasteiger charge is 2.21. The minimum absolute atomic E-state index is 0. The minimum Gasteiger partial charge on any atom is -0.356 e. The highest BCUT2D eigenvalue weighted by molar-refractivity contribution is 14.0. The van der Waals surface area contributed by atoms with Crippen LogP contribution in [0.2, 0.25) is 0 Å². The van der Waals surface area contributed by atoms with Gasteiger partial charge in [0.15, 0.2) is 5.96 Å². The van der Waals surface area contributed by atoms with E-state index in [1.54, 1.807) is 25.4 Å². The Kier molecular flexibility index (Phi) is 8.83. The van der Waals surface area contributed by atoms with Crippen molar-refractivity contribution in [2.75, 3.05) is 13.6 Å². The summed E-state index contributed by atoms with van der Waals surface area (Å²) < 4.78 is 15.6. The van der Waals surface area contributed by atoms with Crippen molar-refractivity contribution in [2.24, 2.45) is 4.99 Å². The number of hydrogen-bond acceptors (Lipinski definition) is 2. The number of guanidine groups is 1. The average molecular weight is 521 g/mol. The standard InChI is InChI=1S/C23H28FN5.HI/c1-23(2,20-5-4-6-21(24)13-20)16-28-22(25-3)27-14-18-7-9-19(10-8-18)15-29-12-11-26-17-29;/h4-13,17H,14-16H2,1-3H3,(H2,25,27,28);1H. The third-order valence-electron chi connectivity index (χ3n) is 4.93. The van der Waals surface area contributed by atoms with Crippen molar-refractivity contribution in [3.05, 3.63) is 89.8 Å². The van der Waals surface area contributed by atoms with Gasteiger partial charge in [-0.05, 0) is 28.8 Å². The number of nitrogens with zero attached hydrogens (tertiary/aromatic N) is 3. The van der Waals surface area contributed by atoms with Crippen LogP contribution in [-0.4, -0.2) is 29.1 Å². The van der Waals surface area contributed by atoms with Crippen molar-refractivity contribution in [1.29, 1.82) is 0 Å². The second-order valence-electron chi connectivity index (χ2n) is 7.73. The van der Waals surface area contributed by atoms with Gasteiger partial charge in [-0.25, -0.2) is 9.37 Å². The Morgan fingerprint density at radius 3 is 2.47 bits per heavy atom. The molecule has 0 fully saturated rings. The SMILES string of the molecule is CN=C(NCc1ccc(Cn2ccnc2)cc1)NCC(C)(C)c1cccc(F)c1.I. The molecular weight excluding hydrogens is 492 g/mol. The number of aromatic nitrogens is 2. The molecule has 2 aromatic carbocycles. The lowest BCUT2D eigenvalue weighted by atomic mass is 9.84. The van der Waals surface area contributed by atoms with E-state index in [0.29, 0.717) is 13.1 Å². The number of halogens is 2. The summed E-state index contributed by atoms with van der Waals surface area (Å²) in [7, 11) is 1.75. The fourth-order valence-electron chi connectivity index (χ4n) is 3.08. The number of nitrogens with one attached hydrogen (secondary N) is 2. The Balaban J connectivity index is 0.00000320. The van der Waals surface area contributed by atoms with Crippen molar-refractivity contribution in [1.82, 2.24) is 20.2 Å². The summed E-state index contributed by atoms with van der Waals surface area (Å²) in [6, 6.07) is 15.2. The first kappa shape index (κ1) is 23.9. The number of benzene rings is 2. The lowest BCUT2D eigenvalue weighted by Gasteiger charge is -2.27. The lowest BCUT2D eigenvalue weighted by molar-refractivity contribution is 0.503. The normalized spacial score (nSPS) is 11.7. The molecule has 1 heterocycles. The highest BCUT2D eigenvalue weighted by Crippen LogP contribution is 2.22. The Morgan fingerprint density at radius 1 is 1.10 bits per heavy atom. The molecule has 1 aromatic heterocycles. The molecule has 160 valence electrons. The molecule has 2 N–H and O–H groups in total. The predicted octanol–water partition coefficient (Wildman–Crippen LogP) is 4.33. The zero-order valence-electron chi connectivity index (χ0n) is 17.6. The molecule has 0 aliphatic carbocycles. The van der Waals surface area contributed by atoms with Gasteiger partial charge in [0.05, 0.1) is 6.33 Å². The van der Waals surface area contributed by atoms with Crippen LogP contribution in [0.4, 0.5) is 4.39 Å². The van der Waals surface area contributed by atoms with Gasteiger partial charge < -0.3 is 15.2 Å². The Bertz CT molecular complexity index is 936. The number of hydrogen-bond donors (Lipinski definition) is 2. The first-order chi connectivity index (χ1) is 14.0. The molecule has 30 heavy (non-hydrogen) atoms. The molecule has 0 saturated heterocycles. The van der Waals surface area contributed by atoms with Crippen molar-refractivity contribution < 1.29 is 4.39 Å². The summed E-state index contributed by atoms with van der Waals surface area (Å²) in [5, 5.41) is 6.68. The molecule has 3 rings (SSSR count). The number of aliphatic imine (C=N–C) groups is 1. The largest absolute Gasteiger partial charge is 0.356 e. The monoisotopic (exact) mass is 521 g/mol. The van der Waals surface area contributed by atoms with E-state index in [2.05, 4.69) is 58.7 Å². The molecule has 0 amide bonds. The van der Waals surface area contributed by atoms with E-state index < -0.39 is 0 Å². The highest BCUT2D eigenvalue weighted by atomic mass is 127. The van der Waals surface area contributed by atoms with Gasteiger partial charge in [0.2, 0.25) is 0 Å². The van der Waals surface area contributed by atoms with E-state index in [4.69, 9.17) is 0 Å². The summed E-state index contributed by atoms with van der Waals surface area (Å²) >= 11 is 0. The van der Waals surface area contributed by atoms with Crippen LogP contribution in [-0.2, 0) is 18.5 Å². The summed E-state index contributed by atoms with van der Waals surface area (Å²) in [6.07, 6.45) is 5.55. The average Bonchev–Trinajstić information content (AvgIpc) is 3.22. The summed E-state index contributed by atoms with van der Waals surface area (Å²) in [5.41, 5.74) is 3.13. The topological polar surface area (TPSA) is 54.2 Å². The number of rotatable bonds is 7. The molecule has 0 unspecified atom stereocenters. The number of imidazole rings is 1. The third kappa shape index (κ3) is 6.83. The lowest BCUT2D eigenvalue weighted by Crippen LogP contribution is -2.43. The van der Waals surface area contributed by atoms with Crippen LogP contribution < -0.4 is 10.6 Å². The van der Waals surface area contributed by atoms with E-state index in [1.807, 2.05) is 23.2 Å². The van der Waals surface area contributed by atoms with Gasteiger partial charge in [-0.2, -0.15) is 0 Å². The van der Waals surface area contributed by atoms with Gasteiger partial charge in [0.1, 0.15) is 5.82 Å². The van der Waals surface area contributed by atoms with Gasteiger partial charge in [-0.15, -0.1) is 24.0 Å². The van der Waals surface area contributed by atoms with Crippen molar-refractivity contribution in [3.63, 3.8) is 0 Å². The van der Waals surface area contributed by atoms with Gasteiger partial charge in [-0.3, -0.25) is 4.99 Å². The van der Waals surface area contributed by atoms with Crippen LogP contribution in [0.3, 0.4) is 0 Å².